The summed E-state index contributed by atoms with van der Waals surface area (Å²) >= 11 is 0. The second-order valence-corrected chi connectivity index (χ2v) is 4.41. The zero-order chi connectivity index (χ0) is 13.9. The van der Waals surface area contributed by atoms with Gasteiger partial charge in [0, 0.05) is 25.5 Å². The molecule has 104 valence electrons. The van der Waals surface area contributed by atoms with Crippen molar-refractivity contribution in [3.8, 4) is 0 Å². The van der Waals surface area contributed by atoms with Gasteiger partial charge in [-0.1, -0.05) is 0 Å². The number of aromatic nitrogens is 6. The van der Waals surface area contributed by atoms with Crippen molar-refractivity contribution in [1.82, 2.24) is 29.1 Å². The quantitative estimate of drug-likeness (QED) is 0.764. The molecule has 1 N–H and O–H groups in total. The van der Waals surface area contributed by atoms with Crippen molar-refractivity contribution < 1.29 is 0 Å². The molecule has 3 aromatic heterocycles. The molecule has 0 radical (unpaired) electrons. The van der Waals surface area contributed by atoms with Crippen molar-refractivity contribution in [2.75, 3.05) is 5.32 Å². The lowest BCUT2D eigenvalue weighted by atomic mass is 10.4. The van der Waals surface area contributed by atoms with Gasteiger partial charge in [-0.2, -0.15) is 0 Å². The number of nitrogens with zero attached hydrogens (tertiary/aromatic N) is 6. The second kappa shape index (κ2) is 5.28. The van der Waals surface area contributed by atoms with Gasteiger partial charge in [0.25, 0.3) is 0 Å². The molecule has 3 heterocycles. The van der Waals surface area contributed by atoms with Crippen LogP contribution in [-0.4, -0.2) is 29.1 Å². The minimum absolute atomic E-state index is 0.617. The smallest absolute Gasteiger partial charge is 0.165 e. The normalized spacial score (nSPS) is 11.1. The van der Waals surface area contributed by atoms with Gasteiger partial charge < -0.3 is 14.5 Å². The lowest BCUT2D eigenvalue weighted by molar-refractivity contribution is 0.707. The van der Waals surface area contributed by atoms with E-state index in [0.29, 0.717) is 6.54 Å². The molecule has 7 nitrogen and oxygen atoms in total. The number of hydrogen-bond acceptors (Lipinski definition) is 5. The minimum Gasteiger partial charge on any atom is -0.361 e. The van der Waals surface area contributed by atoms with Crippen molar-refractivity contribution in [1.29, 1.82) is 0 Å². The van der Waals surface area contributed by atoms with Gasteiger partial charge in [-0.3, -0.25) is 0 Å². The standard InChI is InChI=1S/C13H17N7/c1-3-19-6-5-14-10(19)7-15-12-11-13(17-8-16-12)20(4-2)9-18-11/h5-6,8-9H,3-4,7H2,1-2H3,(H,15,16,17). The summed E-state index contributed by atoms with van der Waals surface area (Å²) in [5, 5.41) is 3.29. The van der Waals surface area contributed by atoms with Crippen LogP contribution in [0.4, 0.5) is 5.82 Å². The molecule has 0 bridgehead atoms. The molecule has 0 unspecified atom stereocenters. The molecular formula is C13H17N7. The number of fused-ring (bicyclic) bond motifs is 1. The highest BCUT2D eigenvalue weighted by Crippen LogP contribution is 2.17. The maximum absolute atomic E-state index is 4.38. The Morgan fingerprint density at radius 1 is 1.05 bits per heavy atom. The van der Waals surface area contributed by atoms with Crippen LogP contribution in [0.25, 0.3) is 11.2 Å². The summed E-state index contributed by atoms with van der Waals surface area (Å²) in [7, 11) is 0. The van der Waals surface area contributed by atoms with Gasteiger partial charge in [0.2, 0.25) is 0 Å². The molecule has 0 saturated carbocycles. The summed E-state index contributed by atoms with van der Waals surface area (Å²) in [4.78, 5) is 17.3. The third-order valence-electron chi connectivity index (χ3n) is 3.30. The Labute approximate surface area is 116 Å². The molecule has 0 aliphatic carbocycles. The fourth-order valence-corrected chi connectivity index (χ4v) is 2.20. The van der Waals surface area contributed by atoms with Gasteiger partial charge in [0.05, 0.1) is 12.9 Å². The Morgan fingerprint density at radius 2 is 1.90 bits per heavy atom. The maximum Gasteiger partial charge on any atom is 0.165 e. The molecule has 0 aliphatic heterocycles. The van der Waals surface area contributed by atoms with Gasteiger partial charge in [0.1, 0.15) is 17.7 Å². The molecule has 0 saturated heterocycles. The molecule has 20 heavy (non-hydrogen) atoms. The molecule has 0 amide bonds. The highest BCUT2D eigenvalue weighted by Gasteiger charge is 2.09. The summed E-state index contributed by atoms with van der Waals surface area (Å²) in [5.74, 6) is 1.72. The number of rotatable bonds is 5. The van der Waals surface area contributed by atoms with E-state index in [1.54, 1.807) is 12.7 Å². The maximum atomic E-state index is 4.38. The van der Waals surface area contributed by atoms with Crippen molar-refractivity contribution in [2.24, 2.45) is 0 Å². The molecule has 3 aromatic rings. The van der Waals surface area contributed by atoms with Gasteiger partial charge in [-0.25, -0.2) is 19.9 Å². The first kappa shape index (κ1) is 12.6. The molecule has 0 atom stereocenters. The molecule has 3 rings (SSSR count). The van der Waals surface area contributed by atoms with Crippen LogP contribution in [0, 0.1) is 0 Å². The molecule has 7 heteroatoms. The van der Waals surface area contributed by atoms with E-state index < -0.39 is 0 Å². The Balaban J connectivity index is 1.86. The van der Waals surface area contributed by atoms with Crippen LogP contribution in [-0.2, 0) is 19.6 Å². The van der Waals surface area contributed by atoms with Crippen LogP contribution in [0.2, 0.25) is 0 Å². The fraction of sp³-hybridized carbons (Fsp3) is 0.385. The largest absolute Gasteiger partial charge is 0.361 e. The highest BCUT2D eigenvalue weighted by molar-refractivity contribution is 5.82. The summed E-state index contributed by atoms with van der Waals surface area (Å²) in [6.07, 6.45) is 7.13. The Morgan fingerprint density at radius 3 is 2.70 bits per heavy atom. The van der Waals surface area contributed by atoms with Crippen LogP contribution < -0.4 is 5.32 Å². The van der Waals surface area contributed by atoms with Crippen LogP contribution in [0.5, 0.6) is 0 Å². The van der Waals surface area contributed by atoms with Crippen LogP contribution in [0.15, 0.2) is 25.0 Å². The van der Waals surface area contributed by atoms with Crippen molar-refractivity contribution in [3.05, 3.63) is 30.9 Å². The minimum atomic E-state index is 0.617. The van der Waals surface area contributed by atoms with E-state index in [1.165, 1.54) is 0 Å². The third kappa shape index (κ3) is 2.11. The van der Waals surface area contributed by atoms with Gasteiger partial charge in [-0.15, -0.1) is 0 Å². The van der Waals surface area contributed by atoms with E-state index in [-0.39, 0.29) is 0 Å². The number of nitrogens with one attached hydrogen (secondary N) is 1. The van der Waals surface area contributed by atoms with Crippen LogP contribution in [0.3, 0.4) is 0 Å². The first-order valence-electron chi connectivity index (χ1n) is 6.73. The zero-order valence-electron chi connectivity index (χ0n) is 11.6. The molecule has 0 fully saturated rings. The first-order chi connectivity index (χ1) is 9.83. The van der Waals surface area contributed by atoms with Crippen LogP contribution >= 0.6 is 0 Å². The Bertz CT molecular complexity index is 712. The summed E-state index contributed by atoms with van der Waals surface area (Å²) in [6, 6.07) is 0. The Hall–Kier alpha value is -2.44. The van der Waals surface area contributed by atoms with E-state index in [1.807, 2.05) is 17.0 Å². The van der Waals surface area contributed by atoms with Crippen molar-refractivity contribution in [2.45, 2.75) is 33.5 Å². The fourth-order valence-electron chi connectivity index (χ4n) is 2.20. The molecule has 0 aliphatic rings. The number of anilines is 1. The first-order valence-corrected chi connectivity index (χ1v) is 6.73. The highest BCUT2D eigenvalue weighted by atomic mass is 15.2. The predicted molar refractivity (Wildman–Crippen MR) is 76.2 cm³/mol. The monoisotopic (exact) mass is 271 g/mol. The van der Waals surface area contributed by atoms with Crippen LogP contribution in [0.1, 0.15) is 19.7 Å². The van der Waals surface area contributed by atoms with E-state index in [2.05, 4.69) is 43.7 Å². The molecule has 0 aromatic carbocycles. The lowest BCUT2D eigenvalue weighted by Crippen LogP contribution is -2.09. The van der Waals surface area contributed by atoms with Gasteiger partial charge >= 0.3 is 0 Å². The lowest BCUT2D eigenvalue weighted by Gasteiger charge is -2.07. The van der Waals surface area contributed by atoms with E-state index >= 15 is 0 Å². The van der Waals surface area contributed by atoms with E-state index in [4.69, 9.17) is 0 Å². The number of hydrogen-bond donors (Lipinski definition) is 1. The van der Waals surface area contributed by atoms with Crippen molar-refractivity contribution in [3.63, 3.8) is 0 Å². The average molecular weight is 271 g/mol. The predicted octanol–water partition coefficient (Wildman–Crippen LogP) is 1.67. The second-order valence-electron chi connectivity index (χ2n) is 4.41. The summed E-state index contributed by atoms with van der Waals surface area (Å²) in [5.41, 5.74) is 1.65. The summed E-state index contributed by atoms with van der Waals surface area (Å²) < 4.78 is 4.09. The van der Waals surface area contributed by atoms with Gasteiger partial charge in [-0.05, 0) is 13.8 Å². The topological polar surface area (TPSA) is 73.5 Å². The van der Waals surface area contributed by atoms with Gasteiger partial charge in [0.15, 0.2) is 11.5 Å². The van der Waals surface area contributed by atoms with Crippen molar-refractivity contribution >= 4 is 17.0 Å². The van der Waals surface area contributed by atoms with E-state index in [9.17, 15) is 0 Å². The number of aryl methyl sites for hydroxylation is 2. The Kier molecular flexibility index (Phi) is 3.32. The van der Waals surface area contributed by atoms with E-state index in [0.717, 1.165) is 35.9 Å². The third-order valence-corrected chi connectivity index (χ3v) is 3.30. The summed E-state index contributed by atoms with van der Waals surface area (Å²) in [6.45, 7) is 6.52. The average Bonchev–Trinajstić information content (AvgIpc) is 3.11. The number of imidazole rings is 2. The molecule has 0 spiro atoms. The molecular weight excluding hydrogens is 254 g/mol. The SMILES string of the molecule is CCn1ccnc1CNc1ncnc2c1ncn2CC. The zero-order valence-corrected chi connectivity index (χ0v) is 11.6.